The molecular formula is C12H13NO3. The highest BCUT2D eigenvalue weighted by molar-refractivity contribution is 6.05. The van der Waals surface area contributed by atoms with E-state index in [1.54, 1.807) is 32.0 Å². The van der Waals surface area contributed by atoms with E-state index < -0.39 is 0 Å². The van der Waals surface area contributed by atoms with Crippen molar-refractivity contribution >= 4 is 22.6 Å². The van der Waals surface area contributed by atoms with Crippen LogP contribution in [0.25, 0.3) is 11.0 Å². The lowest BCUT2D eigenvalue weighted by atomic mass is 10.1. The minimum Gasteiger partial charge on any atom is -0.462 e. The molecule has 4 nitrogen and oxygen atoms in total. The summed E-state index contributed by atoms with van der Waals surface area (Å²) in [6, 6.07) is 5.21. The van der Waals surface area contributed by atoms with E-state index in [9.17, 15) is 4.79 Å². The van der Waals surface area contributed by atoms with E-state index in [0.717, 1.165) is 0 Å². The molecule has 0 aliphatic heterocycles. The Morgan fingerprint density at radius 3 is 2.94 bits per heavy atom. The Morgan fingerprint density at radius 1 is 1.50 bits per heavy atom. The Kier molecular flexibility index (Phi) is 2.56. The summed E-state index contributed by atoms with van der Waals surface area (Å²) in [5.41, 5.74) is 7.39. The van der Waals surface area contributed by atoms with E-state index in [0.29, 0.717) is 34.6 Å². The number of carbonyl (C=O) groups is 1. The van der Waals surface area contributed by atoms with E-state index in [4.69, 9.17) is 14.9 Å². The molecule has 16 heavy (non-hydrogen) atoms. The molecule has 0 atom stereocenters. The molecule has 2 N–H and O–H groups in total. The molecule has 2 aromatic rings. The van der Waals surface area contributed by atoms with Gasteiger partial charge >= 0.3 is 5.97 Å². The molecule has 0 spiro atoms. The number of ether oxygens (including phenoxy) is 1. The van der Waals surface area contributed by atoms with Crippen LogP contribution in [0.15, 0.2) is 22.6 Å². The molecule has 0 aliphatic carbocycles. The van der Waals surface area contributed by atoms with Crippen molar-refractivity contribution in [2.75, 3.05) is 12.3 Å². The Labute approximate surface area is 93.0 Å². The van der Waals surface area contributed by atoms with Crippen LogP contribution in [0.4, 0.5) is 5.69 Å². The maximum Gasteiger partial charge on any atom is 0.342 e. The largest absolute Gasteiger partial charge is 0.462 e. The highest BCUT2D eigenvalue weighted by Crippen LogP contribution is 2.27. The second kappa shape index (κ2) is 3.89. The number of furan rings is 1. The number of benzene rings is 1. The fourth-order valence-electron chi connectivity index (χ4n) is 1.69. The van der Waals surface area contributed by atoms with Crippen LogP contribution >= 0.6 is 0 Å². The molecule has 1 aromatic heterocycles. The minimum absolute atomic E-state index is 0.341. The normalized spacial score (nSPS) is 10.6. The smallest absolute Gasteiger partial charge is 0.342 e. The van der Waals surface area contributed by atoms with Gasteiger partial charge in [-0.25, -0.2) is 4.79 Å². The Morgan fingerprint density at radius 2 is 2.25 bits per heavy atom. The summed E-state index contributed by atoms with van der Waals surface area (Å²) in [6.45, 7) is 3.85. The number of nitrogens with two attached hydrogens (primary N) is 1. The van der Waals surface area contributed by atoms with Gasteiger partial charge in [-0.1, -0.05) is 0 Å². The molecule has 0 unspecified atom stereocenters. The van der Waals surface area contributed by atoms with Crippen LogP contribution in [0.3, 0.4) is 0 Å². The van der Waals surface area contributed by atoms with Gasteiger partial charge in [-0.15, -0.1) is 0 Å². The van der Waals surface area contributed by atoms with Crippen molar-refractivity contribution in [1.29, 1.82) is 0 Å². The third kappa shape index (κ3) is 1.62. The predicted octanol–water partition coefficient (Wildman–Crippen LogP) is 2.50. The van der Waals surface area contributed by atoms with Crippen molar-refractivity contribution in [2.24, 2.45) is 0 Å². The van der Waals surface area contributed by atoms with E-state index in [2.05, 4.69) is 0 Å². The molecule has 1 aromatic carbocycles. The van der Waals surface area contributed by atoms with Gasteiger partial charge in [-0.3, -0.25) is 0 Å². The van der Waals surface area contributed by atoms with Crippen LogP contribution in [0, 0.1) is 6.92 Å². The number of nitrogen functional groups attached to an aromatic ring is 1. The van der Waals surface area contributed by atoms with E-state index in [1.165, 1.54) is 0 Å². The minimum atomic E-state index is -0.371. The van der Waals surface area contributed by atoms with Crippen molar-refractivity contribution in [3.63, 3.8) is 0 Å². The zero-order chi connectivity index (χ0) is 11.7. The topological polar surface area (TPSA) is 65.5 Å². The predicted molar refractivity (Wildman–Crippen MR) is 61.3 cm³/mol. The Bertz CT molecular complexity index is 542. The molecule has 0 fully saturated rings. The van der Waals surface area contributed by atoms with Crippen LogP contribution in [0.1, 0.15) is 23.0 Å². The van der Waals surface area contributed by atoms with Gasteiger partial charge in [0.2, 0.25) is 0 Å². The first-order valence-corrected chi connectivity index (χ1v) is 5.09. The molecule has 0 aliphatic rings. The maximum atomic E-state index is 11.7. The molecule has 2 rings (SSSR count). The fourth-order valence-corrected chi connectivity index (χ4v) is 1.69. The van der Waals surface area contributed by atoms with Crippen molar-refractivity contribution < 1.29 is 13.9 Å². The maximum absolute atomic E-state index is 11.7. The molecule has 0 saturated carbocycles. The first kappa shape index (κ1) is 10.5. The number of hydrogen-bond donors (Lipinski definition) is 1. The molecule has 0 saturated heterocycles. The monoisotopic (exact) mass is 219 g/mol. The summed E-state index contributed by atoms with van der Waals surface area (Å²) in [7, 11) is 0. The van der Waals surface area contributed by atoms with Crippen LogP contribution in [0.2, 0.25) is 0 Å². The number of fused-ring (bicyclic) bond motifs is 1. The summed E-state index contributed by atoms with van der Waals surface area (Å²) in [5.74, 6) is 0.184. The molecule has 0 amide bonds. The summed E-state index contributed by atoms with van der Waals surface area (Å²) >= 11 is 0. The lowest BCUT2D eigenvalue weighted by molar-refractivity contribution is 0.0526. The van der Waals surface area contributed by atoms with Gasteiger partial charge in [0, 0.05) is 11.1 Å². The van der Waals surface area contributed by atoms with Gasteiger partial charge in [0.1, 0.15) is 16.9 Å². The molecule has 4 heteroatoms. The highest BCUT2D eigenvalue weighted by atomic mass is 16.5. The van der Waals surface area contributed by atoms with Crippen molar-refractivity contribution in [1.82, 2.24) is 0 Å². The third-order valence-electron chi connectivity index (χ3n) is 2.37. The SMILES string of the molecule is CCOC(=O)c1c(C)oc2ccc(N)cc12. The average molecular weight is 219 g/mol. The number of carbonyl (C=O) groups excluding carboxylic acids is 1. The Hall–Kier alpha value is -1.97. The lowest BCUT2D eigenvalue weighted by Gasteiger charge is -2.00. The van der Waals surface area contributed by atoms with Gasteiger partial charge in [-0.05, 0) is 32.0 Å². The summed E-state index contributed by atoms with van der Waals surface area (Å²) in [4.78, 5) is 11.7. The van der Waals surface area contributed by atoms with Gasteiger partial charge in [0.15, 0.2) is 0 Å². The summed E-state index contributed by atoms with van der Waals surface area (Å²) in [6.07, 6.45) is 0. The second-order valence-corrected chi connectivity index (χ2v) is 3.51. The number of rotatable bonds is 2. The quantitative estimate of drug-likeness (QED) is 0.622. The van der Waals surface area contributed by atoms with E-state index >= 15 is 0 Å². The first-order chi connectivity index (χ1) is 7.63. The Balaban J connectivity index is 2.62. The van der Waals surface area contributed by atoms with Crippen molar-refractivity contribution in [3.8, 4) is 0 Å². The zero-order valence-corrected chi connectivity index (χ0v) is 9.24. The second-order valence-electron chi connectivity index (χ2n) is 3.51. The van der Waals surface area contributed by atoms with Gasteiger partial charge in [-0.2, -0.15) is 0 Å². The molecule has 1 heterocycles. The van der Waals surface area contributed by atoms with Crippen LogP contribution in [0.5, 0.6) is 0 Å². The van der Waals surface area contributed by atoms with Gasteiger partial charge in [0.25, 0.3) is 0 Å². The number of anilines is 1. The zero-order valence-electron chi connectivity index (χ0n) is 9.24. The number of aryl methyl sites for hydroxylation is 1. The first-order valence-electron chi connectivity index (χ1n) is 5.09. The van der Waals surface area contributed by atoms with Crippen molar-refractivity contribution in [2.45, 2.75) is 13.8 Å². The van der Waals surface area contributed by atoms with Crippen LogP contribution in [-0.2, 0) is 4.74 Å². The van der Waals surface area contributed by atoms with Crippen LogP contribution < -0.4 is 5.73 Å². The van der Waals surface area contributed by atoms with Crippen molar-refractivity contribution in [3.05, 3.63) is 29.5 Å². The molecular weight excluding hydrogens is 206 g/mol. The third-order valence-corrected chi connectivity index (χ3v) is 2.37. The highest BCUT2D eigenvalue weighted by Gasteiger charge is 2.19. The van der Waals surface area contributed by atoms with E-state index in [-0.39, 0.29) is 5.97 Å². The van der Waals surface area contributed by atoms with Gasteiger partial charge in [0.05, 0.1) is 6.61 Å². The summed E-state index contributed by atoms with van der Waals surface area (Å²) in [5, 5.41) is 0.705. The van der Waals surface area contributed by atoms with E-state index in [1.807, 2.05) is 0 Å². The molecule has 84 valence electrons. The standard InChI is InChI=1S/C12H13NO3/c1-3-15-12(14)11-7(2)16-10-5-4-8(13)6-9(10)11/h4-6H,3,13H2,1-2H3. The number of hydrogen-bond acceptors (Lipinski definition) is 4. The lowest BCUT2D eigenvalue weighted by Crippen LogP contribution is -2.05. The van der Waals surface area contributed by atoms with Crippen LogP contribution in [-0.4, -0.2) is 12.6 Å². The summed E-state index contributed by atoms with van der Waals surface area (Å²) < 4.78 is 10.4. The van der Waals surface area contributed by atoms with Gasteiger partial charge < -0.3 is 14.9 Å². The average Bonchev–Trinajstić information content (AvgIpc) is 2.53. The molecule has 0 radical (unpaired) electrons. The number of esters is 1. The fraction of sp³-hybridized carbons (Fsp3) is 0.250. The molecule has 0 bridgehead atoms.